The van der Waals surface area contributed by atoms with Crippen molar-refractivity contribution >= 4 is 34.3 Å². The molecule has 0 amide bonds. The van der Waals surface area contributed by atoms with Crippen molar-refractivity contribution in [1.82, 2.24) is 10.4 Å². The Kier molecular flexibility index (Phi) is 4.28. The van der Waals surface area contributed by atoms with Gasteiger partial charge < -0.3 is 0 Å². The van der Waals surface area contributed by atoms with E-state index in [0.29, 0.717) is 5.25 Å². The zero-order chi connectivity index (χ0) is 13.1. The number of hydrogen-bond donors (Lipinski definition) is 2. The van der Waals surface area contributed by atoms with E-state index in [1.54, 1.807) is 0 Å². The molecule has 2 unspecified atom stereocenters. The van der Waals surface area contributed by atoms with Gasteiger partial charge in [0, 0.05) is 40.3 Å². The molecule has 0 aliphatic carbocycles. The Balaban J connectivity index is 2.00. The highest BCUT2D eigenvalue weighted by molar-refractivity contribution is 8.06. The Morgan fingerprint density at radius 3 is 3.05 bits per heavy atom. The van der Waals surface area contributed by atoms with Gasteiger partial charge in [0.2, 0.25) is 0 Å². The standard InChI is InChI=1S/C14H17N3S2/c15-17-14(13-9-18-6-7-19-13)12-3-1-2-10-8-16-5-4-11(10)12/h1-5,8,13-14,17H,6-7,9,15H2. The van der Waals surface area contributed by atoms with E-state index in [2.05, 4.69) is 34.7 Å². The number of nitrogens with two attached hydrogens (primary N) is 1. The third-order valence-corrected chi connectivity index (χ3v) is 6.31. The molecule has 1 aliphatic heterocycles. The summed E-state index contributed by atoms with van der Waals surface area (Å²) in [7, 11) is 0. The summed E-state index contributed by atoms with van der Waals surface area (Å²) in [5.41, 5.74) is 4.31. The predicted octanol–water partition coefficient (Wildman–Crippen LogP) is 2.59. The predicted molar refractivity (Wildman–Crippen MR) is 85.4 cm³/mol. The van der Waals surface area contributed by atoms with Crippen LogP contribution in [0.15, 0.2) is 36.7 Å². The van der Waals surface area contributed by atoms with Crippen molar-refractivity contribution in [2.75, 3.05) is 17.3 Å². The summed E-state index contributed by atoms with van der Waals surface area (Å²) in [6.07, 6.45) is 3.76. The summed E-state index contributed by atoms with van der Waals surface area (Å²) in [5.74, 6) is 9.45. The van der Waals surface area contributed by atoms with Gasteiger partial charge in [-0.05, 0) is 17.0 Å². The van der Waals surface area contributed by atoms with Crippen molar-refractivity contribution in [2.45, 2.75) is 11.3 Å². The number of fused-ring (bicyclic) bond motifs is 1. The summed E-state index contributed by atoms with van der Waals surface area (Å²) < 4.78 is 0. The number of pyridine rings is 1. The van der Waals surface area contributed by atoms with Crippen LogP contribution in [-0.4, -0.2) is 27.5 Å². The number of benzene rings is 1. The number of aromatic nitrogens is 1. The summed E-state index contributed by atoms with van der Waals surface area (Å²) in [5, 5.41) is 2.95. The third-order valence-electron chi connectivity index (χ3n) is 3.44. The molecule has 3 rings (SSSR count). The lowest BCUT2D eigenvalue weighted by atomic mass is 9.98. The first kappa shape index (κ1) is 13.2. The van der Waals surface area contributed by atoms with Gasteiger partial charge in [0.05, 0.1) is 6.04 Å². The first-order chi connectivity index (χ1) is 9.40. The molecule has 0 radical (unpaired) electrons. The zero-order valence-electron chi connectivity index (χ0n) is 10.6. The molecular weight excluding hydrogens is 274 g/mol. The first-order valence-electron chi connectivity index (χ1n) is 6.38. The van der Waals surface area contributed by atoms with E-state index in [0.717, 1.165) is 5.75 Å². The average Bonchev–Trinajstić information content (AvgIpc) is 2.49. The van der Waals surface area contributed by atoms with Crippen molar-refractivity contribution in [3.63, 3.8) is 0 Å². The van der Waals surface area contributed by atoms with Crippen LogP contribution < -0.4 is 11.3 Å². The fraction of sp³-hybridized carbons (Fsp3) is 0.357. The van der Waals surface area contributed by atoms with Gasteiger partial charge in [-0.15, -0.1) is 0 Å². The maximum Gasteiger partial charge on any atom is 0.0592 e. The van der Waals surface area contributed by atoms with E-state index < -0.39 is 0 Å². The fourth-order valence-corrected chi connectivity index (χ4v) is 5.36. The number of hydrogen-bond acceptors (Lipinski definition) is 5. The second-order valence-electron chi connectivity index (χ2n) is 4.57. The monoisotopic (exact) mass is 291 g/mol. The lowest BCUT2D eigenvalue weighted by molar-refractivity contribution is 0.556. The fourth-order valence-electron chi connectivity index (χ4n) is 2.51. The summed E-state index contributed by atoms with van der Waals surface area (Å²) in [6, 6.07) is 8.64. The minimum absolute atomic E-state index is 0.198. The highest BCUT2D eigenvalue weighted by Gasteiger charge is 2.26. The van der Waals surface area contributed by atoms with Crippen molar-refractivity contribution in [2.24, 2.45) is 5.84 Å². The molecule has 2 atom stereocenters. The molecule has 2 heterocycles. The van der Waals surface area contributed by atoms with E-state index in [-0.39, 0.29) is 6.04 Å². The maximum atomic E-state index is 5.84. The van der Waals surface area contributed by atoms with Crippen molar-refractivity contribution in [1.29, 1.82) is 0 Å². The highest BCUT2D eigenvalue weighted by atomic mass is 32.2. The van der Waals surface area contributed by atoms with Crippen LogP contribution in [0.5, 0.6) is 0 Å². The number of hydrazine groups is 1. The van der Waals surface area contributed by atoms with Crippen LogP contribution >= 0.6 is 23.5 Å². The normalized spacial score (nSPS) is 21.4. The Morgan fingerprint density at radius 2 is 2.26 bits per heavy atom. The number of nitrogens with zero attached hydrogens (tertiary/aromatic N) is 1. The Bertz CT molecular complexity index is 550. The summed E-state index contributed by atoms with van der Waals surface area (Å²) in [4.78, 5) is 4.19. The minimum atomic E-state index is 0.198. The van der Waals surface area contributed by atoms with Crippen molar-refractivity contribution < 1.29 is 0 Å². The lowest BCUT2D eigenvalue weighted by Gasteiger charge is -2.30. The molecule has 5 heteroatoms. The van der Waals surface area contributed by atoms with Gasteiger partial charge in [0.15, 0.2) is 0 Å². The van der Waals surface area contributed by atoms with Gasteiger partial charge in [-0.3, -0.25) is 16.3 Å². The molecule has 0 spiro atoms. The SMILES string of the molecule is NNC(c1cccc2cnccc12)C1CSCCS1. The quantitative estimate of drug-likeness (QED) is 0.672. The molecule has 19 heavy (non-hydrogen) atoms. The molecule has 1 saturated heterocycles. The van der Waals surface area contributed by atoms with E-state index in [1.165, 1.54) is 27.8 Å². The number of thioether (sulfide) groups is 2. The minimum Gasteiger partial charge on any atom is -0.271 e. The Labute approximate surface area is 121 Å². The molecule has 100 valence electrons. The molecule has 3 N–H and O–H groups in total. The van der Waals surface area contributed by atoms with Crippen LogP contribution in [-0.2, 0) is 0 Å². The van der Waals surface area contributed by atoms with Gasteiger partial charge in [0.25, 0.3) is 0 Å². The molecule has 1 fully saturated rings. The van der Waals surface area contributed by atoms with Crippen LogP contribution in [0.4, 0.5) is 0 Å². The molecular formula is C14H17N3S2. The molecule has 0 bridgehead atoms. The van der Waals surface area contributed by atoms with Crippen molar-refractivity contribution in [3.8, 4) is 0 Å². The van der Waals surface area contributed by atoms with Crippen molar-refractivity contribution in [3.05, 3.63) is 42.2 Å². The largest absolute Gasteiger partial charge is 0.271 e. The second-order valence-corrected chi connectivity index (χ2v) is 7.07. The highest BCUT2D eigenvalue weighted by Crippen LogP contribution is 2.35. The molecule has 1 aliphatic rings. The zero-order valence-corrected chi connectivity index (χ0v) is 12.2. The number of rotatable bonds is 3. The van der Waals surface area contributed by atoms with E-state index in [9.17, 15) is 0 Å². The maximum absolute atomic E-state index is 5.84. The summed E-state index contributed by atoms with van der Waals surface area (Å²) >= 11 is 4.04. The molecule has 3 nitrogen and oxygen atoms in total. The molecule has 0 saturated carbocycles. The molecule has 1 aromatic carbocycles. The van der Waals surface area contributed by atoms with Gasteiger partial charge in [-0.1, -0.05) is 18.2 Å². The van der Waals surface area contributed by atoms with Crippen LogP contribution in [0.2, 0.25) is 0 Å². The molecule has 1 aromatic heterocycles. The number of nitrogens with one attached hydrogen (secondary N) is 1. The van der Waals surface area contributed by atoms with E-state index in [1.807, 2.05) is 35.9 Å². The van der Waals surface area contributed by atoms with E-state index >= 15 is 0 Å². The van der Waals surface area contributed by atoms with Gasteiger partial charge in [-0.25, -0.2) is 0 Å². The van der Waals surface area contributed by atoms with Gasteiger partial charge >= 0.3 is 0 Å². The van der Waals surface area contributed by atoms with Crippen LogP contribution in [0.25, 0.3) is 10.8 Å². The molecule has 2 aromatic rings. The lowest BCUT2D eigenvalue weighted by Crippen LogP contribution is -2.37. The first-order valence-corrected chi connectivity index (χ1v) is 8.58. The smallest absolute Gasteiger partial charge is 0.0592 e. The third kappa shape index (κ3) is 2.74. The second kappa shape index (κ2) is 6.13. The van der Waals surface area contributed by atoms with Crippen LogP contribution in [0, 0.1) is 0 Å². The average molecular weight is 291 g/mol. The summed E-state index contributed by atoms with van der Waals surface area (Å²) in [6.45, 7) is 0. The van der Waals surface area contributed by atoms with E-state index in [4.69, 9.17) is 5.84 Å². The Morgan fingerprint density at radius 1 is 1.32 bits per heavy atom. The Hall–Kier alpha value is -0.750. The van der Waals surface area contributed by atoms with Crippen LogP contribution in [0.3, 0.4) is 0 Å². The van der Waals surface area contributed by atoms with Gasteiger partial charge in [0.1, 0.15) is 0 Å². The van der Waals surface area contributed by atoms with Gasteiger partial charge in [-0.2, -0.15) is 23.5 Å². The van der Waals surface area contributed by atoms with Crippen LogP contribution in [0.1, 0.15) is 11.6 Å². The topological polar surface area (TPSA) is 50.9 Å².